The van der Waals surface area contributed by atoms with E-state index in [1.54, 1.807) is 49.3 Å². The highest BCUT2D eigenvalue weighted by molar-refractivity contribution is 6.31. The Morgan fingerprint density at radius 1 is 0.838 bits per heavy atom. The molecule has 1 spiro atoms. The number of nitrogens with zero attached hydrogens (tertiary/aromatic N) is 7. The molecular weight excluding hydrogens is 1060 g/mol. The predicted octanol–water partition coefficient (Wildman–Crippen LogP) is 6.40. The van der Waals surface area contributed by atoms with E-state index in [1.165, 1.54) is 21.8 Å². The smallest absolute Gasteiger partial charge is 0.247 e. The Kier molecular flexibility index (Phi) is 19.7. The largest absolute Gasteiger partial charge is 0.457 e. The number of aromatic nitrogens is 2. The second-order valence-corrected chi connectivity index (χ2v) is 22.8. The summed E-state index contributed by atoms with van der Waals surface area (Å²) >= 11 is 13.0. The van der Waals surface area contributed by atoms with Gasteiger partial charge in [0, 0.05) is 100 Å². The molecule has 3 fully saturated rings. The molecule has 0 bridgehead atoms. The number of rotatable bonds is 16. The first kappa shape index (κ1) is 59.3. The molecule has 2 N–H and O–H groups in total. The quantitative estimate of drug-likeness (QED) is 0.111. The van der Waals surface area contributed by atoms with Crippen LogP contribution in [0.25, 0.3) is 11.3 Å². The molecule has 0 aliphatic carbocycles. The van der Waals surface area contributed by atoms with Crippen LogP contribution in [-0.4, -0.2) is 168 Å². The van der Waals surface area contributed by atoms with Crippen LogP contribution < -0.4 is 15.4 Å². The minimum atomic E-state index is -1.39. The molecule has 3 aliphatic rings. The molecule has 4 aromatic carbocycles. The first-order chi connectivity index (χ1) is 38.3. The second-order valence-electron chi connectivity index (χ2n) is 21.9. The number of likely N-dealkylation sites (tertiary alicyclic amines) is 1. The molecule has 0 unspecified atom stereocenters. The third kappa shape index (κ3) is 14.7. The van der Waals surface area contributed by atoms with Crippen LogP contribution >= 0.6 is 23.2 Å². The normalized spacial score (nSPS) is 21.4. The summed E-state index contributed by atoms with van der Waals surface area (Å²) in [4.78, 5) is 102. The van der Waals surface area contributed by atoms with Gasteiger partial charge in [0.15, 0.2) is 0 Å². The Labute approximate surface area is 478 Å². The zero-order valence-corrected chi connectivity index (χ0v) is 48.2. The average molecular weight is 1140 g/mol. The molecule has 3 aliphatic heterocycles. The Hall–Kier alpha value is -6.83. The first-order valence-corrected chi connectivity index (χ1v) is 27.8. The Balaban J connectivity index is 1.19. The molecule has 5 aromatic rings. The minimum Gasteiger partial charge on any atom is -0.457 e. The van der Waals surface area contributed by atoms with Crippen molar-refractivity contribution >= 4 is 58.6 Å². The van der Waals surface area contributed by atoms with Gasteiger partial charge in [0.25, 0.3) is 0 Å². The number of ether oxygens (including phenoxy) is 3. The van der Waals surface area contributed by atoms with Crippen LogP contribution in [0.15, 0.2) is 103 Å². The van der Waals surface area contributed by atoms with Crippen molar-refractivity contribution in [1.82, 2.24) is 44.7 Å². The maximum atomic E-state index is 15.7. The summed E-state index contributed by atoms with van der Waals surface area (Å²) in [6.07, 6.45) is 1.51. The van der Waals surface area contributed by atoms with Crippen molar-refractivity contribution in [3.05, 3.63) is 136 Å². The number of likely N-dealkylation sites (N-methyl/N-ethyl adjacent to an activating group) is 2. The SMILES string of the molecule is COC[C@@H]1NC(=O)[C@H](CCC(=O)N2CC3(COC3)C2)N(Cc2ccc(Cl)cc2Oc2ccc(-c3cnc(CN(C)C)n3C)cc2)C(=O)C[C@@H](Cc2ccccc2)C(=O)N(C)[C@@H](C)CNC(=O)C[C@H](Cc2ccc(Cl)cc2)N(C)C1=O. The molecule has 80 heavy (non-hydrogen) atoms. The summed E-state index contributed by atoms with van der Waals surface area (Å²) in [5.41, 5.74) is 3.83. The lowest BCUT2D eigenvalue weighted by Gasteiger charge is -2.55. The lowest BCUT2D eigenvalue weighted by molar-refractivity contribution is -0.195. The number of hydrogen-bond donors (Lipinski definition) is 2. The van der Waals surface area contributed by atoms with E-state index < -0.39 is 47.8 Å². The molecule has 18 nitrogen and oxygen atoms in total. The third-order valence-electron chi connectivity index (χ3n) is 15.5. The number of halogens is 2. The van der Waals surface area contributed by atoms with Crippen molar-refractivity contribution in [2.45, 2.75) is 82.7 Å². The molecule has 1 aromatic heterocycles. The van der Waals surface area contributed by atoms with Gasteiger partial charge in [-0.05, 0) is 99.9 Å². The Morgan fingerprint density at radius 3 is 2.19 bits per heavy atom. The van der Waals surface area contributed by atoms with Crippen LogP contribution in [0.5, 0.6) is 11.5 Å². The van der Waals surface area contributed by atoms with E-state index in [1.807, 2.05) is 110 Å². The second kappa shape index (κ2) is 26.6. The molecule has 4 heterocycles. The maximum Gasteiger partial charge on any atom is 0.247 e. The monoisotopic (exact) mass is 1130 g/mol. The molecule has 3 saturated heterocycles. The van der Waals surface area contributed by atoms with Crippen molar-refractivity contribution in [2.75, 3.05) is 74.8 Å². The predicted molar refractivity (Wildman–Crippen MR) is 305 cm³/mol. The topological polar surface area (TPSA) is 188 Å². The standard InChI is InChI=1S/C60H73Cl2N9O9/c1-39-30-64-54(72)29-47(26-41-13-18-45(61)19-14-41)68(5)59(77)49(34-78-7)65-57(75)50(23-24-55(73)70-35-60(36-70)37-79-38-60)71(56(74)27-44(58(76)67(39)4)25-40-11-9-8-10-12-40)32-43-15-20-46(62)28-52(43)80-48-21-16-42(17-22-48)51-31-63-53(69(51)6)33-66(2)3/h8-22,28,31,39,44,47,49-50H,23-27,29-30,32-38H2,1-7H3,(H,64,72)(H,65,75)/t39-,44+,47-,49-,50-/m0/s1. The van der Waals surface area contributed by atoms with Gasteiger partial charge in [-0.1, -0.05) is 71.7 Å². The number of benzene rings is 4. The first-order valence-electron chi connectivity index (χ1n) is 27.0. The number of carbonyl (C=O) groups excluding carboxylic acids is 6. The zero-order valence-electron chi connectivity index (χ0n) is 46.7. The van der Waals surface area contributed by atoms with Crippen molar-refractivity contribution < 1.29 is 43.0 Å². The Bertz CT molecular complexity index is 2980. The van der Waals surface area contributed by atoms with Crippen LogP contribution in [0, 0.1) is 11.3 Å². The molecule has 20 heteroatoms. The van der Waals surface area contributed by atoms with Crippen molar-refractivity contribution in [1.29, 1.82) is 0 Å². The number of carbonyl (C=O) groups is 6. The zero-order chi connectivity index (χ0) is 57.3. The number of hydrogen-bond acceptors (Lipinski definition) is 11. The Morgan fingerprint density at radius 2 is 1.52 bits per heavy atom. The van der Waals surface area contributed by atoms with Crippen LogP contribution in [0.2, 0.25) is 10.0 Å². The van der Waals surface area contributed by atoms with Gasteiger partial charge < -0.3 is 53.9 Å². The summed E-state index contributed by atoms with van der Waals surface area (Å²) in [7, 11) is 10.6. The van der Waals surface area contributed by atoms with Gasteiger partial charge in [0.1, 0.15) is 29.4 Å². The average Bonchev–Trinajstić information content (AvgIpc) is 3.77. The molecule has 0 saturated carbocycles. The lowest BCUT2D eigenvalue weighted by atomic mass is 9.78. The fraction of sp³-hybridized carbons (Fsp3) is 0.450. The third-order valence-corrected chi connectivity index (χ3v) is 16.0. The summed E-state index contributed by atoms with van der Waals surface area (Å²) in [5.74, 6) is -2.05. The van der Waals surface area contributed by atoms with Gasteiger partial charge in [-0.25, -0.2) is 4.98 Å². The van der Waals surface area contributed by atoms with Gasteiger partial charge in [-0.2, -0.15) is 0 Å². The van der Waals surface area contributed by atoms with E-state index in [9.17, 15) is 19.2 Å². The van der Waals surface area contributed by atoms with Gasteiger partial charge in [-0.15, -0.1) is 0 Å². The van der Waals surface area contributed by atoms with Crippen LogP contribution in [0.4, 0.5) is 0 Å². The van der Waals surface area contributed by atoms with Gasteiger partial charge in [0.2, 0.25) is 35.4 Å². The van der Waals surface area contributed by atoms with E-state index in [2.05, 4.69) is 15.6 Å². The van der Waals surface area contributed by atoms with Gasteiger partial charge in [-0.3, -0.25) is 28.8 Å². The number of amides is 6. The fourth-order valence-corrected chi connectivity index (χ4v) is 10.9. The molecule has 426 valence electrons. The highest BCUT2D eigenvalue weighted by Gasteiger charge is 2.50. The van der Waals surface area contributed by atoms with Gasteiger partial charge in [0.05, 0.1) is 56.1 Å². The van der Waals surface area contributed by atoms with Crippen LogP contribution in [-0.2, 0) is 71.2 Å². The number of imidazole rings is 1. The van der Waals surface area contributed by atoms with Crippen molar-refractivity contribution in [2.24, 2.45) is 18.4 Å². The van der Waals surface area contributed by atoms with Crippen molar-refractivity contribution in [3.63, 3.8) is 0 Å². The van der Waals surface area contributed by atoms with Crippen LogP contribution in [0.3, 0.4) is 0 Å². The molecular formula is C60H73Cl2N9O9. The number of methoxy groups -OCH3 is 1. The van der Waals surface area contributed by atoms with E-state index >= 15 is 9.59 Å². The van der Waals surface area contributed by atoms with E-state index in [4.69, 9.17) is 37.4 Å². The van der Waals surface area contributed by atoms with Crippen LogP contribution in [0.1, 0.15) is 55.1 Å². The highest BCUT2D eigenvalue weighted by Crippen LogP contribution is 2.38. The molecule has 5 atom stereocenters. The summed E-state index contributed by atoms with van der Waals surface area (Å²) in [5, 5.41) is 6.77. The lowest BCUT2D eigenvalue weighted by Crippen LogP contribution is -2.67. The summed E-state index contributed by atoms with van der Waals surface area (Å²) in [6, 6.07) is 25.0. The summed E-state index contributed by atoms with van der Waals surface area (Å²) < 4.78 is 19.7. The highest BCUT2D eigenvalue weighted by atomic mass is 35.5. The minimum absolute atomic E-state index is 0.0783. The van der Waals surface area contributed by atoms with E-state index in [0.29, 0.717) is 60.0 Å². The number of nitrogens with one attached hydrogen (secondary N) is 2. The molecule has 8 rings (SSSR count). The van der Waals surface area contributed by atoms with E-state index in [0.717, 1.165) is 28.2 Å². The fourth-order valence-electron chi connectivity index (χ4n) is 10.6. The van der Waals surface area contributed by atoms with Crippen molar-refractivity contribution in [3.8, 4) is 22.8 Å². The van der Waals surface area contributed by atoms with Gasteiger partial charge >= 0.3 is 0 Å². The molecule has 6 amide bonds. The maximum absolute atomic E-state index is 15.7. The summed E-state index contributed by atoms with van der Waals surface area (Å²) in [6.45, 7) is 4.20. The molecule has 0 radical (unpaired) electrons. The van der Waals surface area contributed by atoms with E-state index in [-0.39, 0.29) is 81.4 Å².